The lowest BCUT2D eigenvalue weighted by atomic mass is 9.83. The van der Waals surface area contributed by atoms with Crippen LogP contribution in [0.1, 0.15) is 34.8 Å². The molecule has 1 unspecified atom stereocenters. The fraction of sp³-hybridized carbons (Fsp3) is 0.500. The first-order chi connectivity index (χ1) is 11.6. The minimum Gasteiger partial charge on any atom is -0.380 e. The summed E-state index contributed by atoms with van der Waals surface area (Å²) in [6, 6.07) is 0. The highest BCUT2D eigenvalue weighted by molar-refractivity contribution is 7.09. The summed E-state index contributed by atoms with van der Waals surface area (Å²) in [5.41, 5.74) is -1.02. The normalized spacial score (nSPS) is 26.0. The van der Waals surface area contributed by atoms with Gasteiger partial charge in [0, 0.05) is 43.5 Å². The van der Waals surface area contributed by atoms with Crippen LogP contribution in [0.5, 0.6) is 0 Å². The van der Waals surface area contributed by atoms with Crippen molar-refractivity contribution in [1.29, 1.82) is 0 Å². The average molecular weight is 346 g/mol. The SMILES string of the molecule is O=C(c1cnccn1)N1CCC2(CC1)CC(O)(c1nccs1)CO2. The van der Waals surface area contributed by atoms with E-state index in [9.17, 15) is 9.90 Å². The van der Waals surface area contributed by atoms with Gasteiger partial charge in [-0.15, -0.1) is 11.3 Å². The summed E-state index contributed by atoms with van der Waals surface area (Å²) < 4.78 is 6.01. The number of likely N-dealkylation sites (tertiary alicyclic amines) is 1. The monoisotopic (exact) mass is 346 g/mol. The number of aromatic nitrogens is 3. The van der Waals surface area contributed by atoms with E-state index in [1.807, 2.05) is 5.38 Å². The van der Waals surface area contributed by atoms with E-state index in [-0.39, 0.29) is 18.1 Å². The van der Waals surface area contributed by atoms with Crippen molar-refractivity contribution >= 4 is 17.2 Å². The lowest BCUT2D eigenvalue weighted by Crippen LogP contribution is -2.47. The molecule has 4 rings (SSSR count). The van der Waals surface area contributed by atoms with Gasteiger partial charge in [0.15, 0.2) is 0 Å². The Morgan fingerprint density at radius 3 is 2.75 bits per heavy atom. The smallest absolute Gasteiger partial charge is 0.274 e. The van der Waals surface area contributed by atoms with E-state index < -0.39 is 5.60 Å². The summed E-state index contributed by atoms with van der Waals surface area (Å²) in [6.45, 7) is 1.44. The molecular weight excluding hydrogens is 328 g/mol. The standard InChI is InChI=1S/C16H18N4O3S/c21-13(12-9-17-3-4-18-12)20-6-1-15(2-7-20)10-16(22,11-23-15)14-19-5-8-24-14/h3-5,8-9,22H,1-2,6-7,10-11H2. The zero-order chi connectivity index (χ0) is 16.6. The maximum Gasteiger partial charge on any atom is 0.274 e. The third-order valence-electron chi connectivity index (χ3n) is 4.81. The van der Waals surface area contributed by atoms with Gasteiger partial charge in [-0.05, 0) is 12.8 Å². The van der Waals surface area contributed by atoms with Crippen LogP contribution in [0, 0.1) is 0 Å². The highest BCUT2D eigenvalue weighted by atomic mass is 32.1. The molecule has 1 N–H and O–H groups in total. The molecule has 7 nitrogen and oxygen atoms in total. The lowest BCUT2D eigenvalue weighted by Gasteiger charge is -2.38. The van der Waals surface area contributed by atoms with Crippen LogP contribution in [0.2, 0.25) is 0 Å². The quantitative estimate of drug-likeness (QED) is 0.879. The molecule has 2 aromatic heterocycles. The zero-order valence-electron chi connectivity index (χ0n) is 13.1. The molecule has 2 aliphatic rings. The molecule has 2 saturated heterocycles. The second-order valence-corrected chi connectivity index (χ2v) is 7.29. The molecule has 0 saturated carbocycles. The first-order valence-corrected chi connectivity index (χ1v) is 8.80. The molecule has 0 radical (unpaired) electrons. The van der Waals surface area contributed by atoms with E-state index in [1.165, 1.54) is 23.7 Å². The van der Waals surface area contributed by atoms with Gasteiger partial charge in [-0.1, -0.05) is 0 Å². The molecule has 0 aromatic carbocycles. The molecule has 2 aromatic rings. The molecule has 2 fully saturated rings. The minimum atomic E-state index is -1.01. The van der Waals surface area contributed by atoms with Crippen molar-refractivity contribution in [3.05, 3.63) is 40.9 Å². The Bertz CT molecular complexity index is 716. The number of aliphatic hydroxyl groups is 1. The highest BCUT2D eigenvalue weighted by Crippen LogP contribution is 2.45. The topological polar surface area (TPSA) is 88.4 Å². The Morgan fingerprint density at radius 2 is 2.08 bits per heavy atom. The van der Waals surface area contributed by atoms with Crippen LogP contribution in [-0.4, -0.2) is 56.2 Å². The predicted octanol–water partition coefficient (Wildman–Crippen LogP) is 1.22. The van der Waals surface area contributed by atoms with Crippen LogP contribution in [0.25, 0.3) is 0 Å². The van der Waals surface area contributed by atoms with Crippen LogP contribution in [0.4, 0.5) is 0 Å². The van der Waals surface area contributed by atoms with Crippen molar-refractivity contribution in [2.24, 2.45) is 0 Å². The molecule has 126 valence electrons. The number of amides is 1. The van der Waals surface area contributed by atoms with Crippen LogP contribution in [-0.2, 0) is 10.3 Å². The van der Waals surface area contributed by atoms with Gasteiger partial charge in [-0.25, -0.2) is 9.97 Å². The minimum absolute atomic E-state index is 0.105. The van der Waals surface area contributed by atoms with Crippen molar-refractivity contribution in [2.45, 2.75) is 30.5 Å². The zero-order valence-corrected chi connectivity index (χ0v) is 13.9. The van der Waals surface area contributed by atoms with E-state index in [0.717, 1.165) is 0 Å². The number of ether oxygens (including phenoxy) is 1. The second-order valence-electron chi connectivity index (χ2n) is 6.40. The summed E-state index contributed by atoms with van der Waals surface area (Å²) in [5, 5.41) is 13.4. The molecule has 24 heavy (non-hydrogen) atoms. The largest absolute Gasteiger partial charge is 0.380 e. The number of carbonyl (C=O) groups excluding carboxylic acids is 1. The van der Waals surface area contributed by atoms with Crippen molar-refractivity contribution in [3.8, 4) is 0 Å². The molecule has 4 heterocycles. The fourth-order valence-electron chi connectivity index (χ4n) is 3.51. The van der Waals surface area contributed by atoms with Crippen molar-refractivity contribution in [1.82, 2.24) is 19.9 Å². The molecule has 0 aliphatic carbocycles. The molecule has 8 heteroatoms. The number of hydrogen-bond acceptors (Lipinski definition) is 7. The van der Waals surface area contributed by atoms with Gasteiger partial charge in [0.1, 0.15) is 16.3 Å². The van der Waals surface area contributed by atoms with Crippen molar-refractivity contribution in [2.75, 3.05) is 19.7 Å². The van der Waals surface area contributed by atoms with Crippen LogP contribution in [0.15, 0.2) is 30.2 Å². The van der Waals surface area contributed by atoms with Gasteiger partial charge < -0.3 is 14.7 Å². The van der Waals surface area contributed by atoms with Gasteiger partial charge in [0.05, 0.1) is 18.4 Å². The van der Waals surface area contributed by atoms with Gasteiger partial charge in [0.2, 0.25) is 0 Å². The van der Waals surface area contributed by atoms with E-state index >= 15 is 0 Å². The number of hydrogen-bond donors (Lipinski definition) is 1. The summed E-state index contributed by atoms with van der Waals surface area (Å²) >= 11 is 1.45. The van der Waals surface area contributed by atoms with Gasteiger partial charge in [-0.3, -0.25) is 9.78 Å². The van der Waals surface area contributed by atoms with Gasteiger partial charge in [-0.2, -0.15) is 0 Å². The summed E-state index contributed by atoms with van der Waals surface area (Å²) in [7, 11) is 0. The Balaban J connectivity index is 1.42. The average Bonchev–Trinajstić information content (AvgIpc) is 3.26. The highest BCUT2D eigenvalue weighted by Gasteiger charge is 2.52. The maximum absolute atomic E-state index is 12.4. The molecule has 1 amide bonds. The number of piperidine rings is 1. The van der Waals surface area contributed by atoms with Crippen molar-refractivity contribution < 1.29 is 14.6 Å². The number of carbonyl (C=O) groups is 1. The molecule has 1 atom stereocenters. The van der Waals surface area contributed by atoms with Crippen molar-refractivity contribution in [3.63, 3.8) is 0 Å². The second kappa shape index (κ2) is 5.87. The summed E-state index contributed by atoms with van der Waals surface area (Å²) in [6.07, 6.45) is 8.19. The Hall–Kier alpha value is -1.90. The van der Waals surface area contributed by atoms with E-state index in [0.29, 0.717) is 43.1 Å². The lowest BCUT2D eigenvalue weighted by molar-refractivity contribution is -0.0432. The maximum atomic E-state index is 12.4. The molecular formula is C16H18N4O3S. The summed E-state index contributed by atoms with van der Waals surface area (Å²) in [5.74, 6) is -0.105. The van der Waals surface area contributed by atoms with E-state index in [2.05, 4.69) is 15.0 Å². The fourth-order valence-corrected chi connectivity index (χ4v) is 4.23. The Kier molecular flexibility index (Phi) is 3.82. The summed E-state index contributed by atoms with van der Waals surface area (Å²) in [4.78, 5) is 26.5. The Morgan fingerprint density at radius 1 is 1.25 bits per heavy atom. The third-order valence-corrected chi connectivity index (χ3v) is 5.77. The van der Waals surface area contributed by atoms with Gasteiger partial charge in [0.25, 0.3) is 5.91 Å². The van der Waals surface area contributed by atoms with Crippen LogP contribution < -0.4 is 0 Å². The number of nitrogens with zero attached hydrogens (tertiary/aromatic N) is 4. The van der Waals surface area contributed by atoms with Crippen LogP contribution >= 0.6 is 11.3 Å². The first-order valence-electron chi connectivity index (χ1n) is 7.92. The third kappa shape index (κ3) is 2.70. The molecule has 2 aliphatic heterocycles. The number of thiazole rings is 1. The van der Waals surface area contributed by atoms with E-state index in [4.69, 9.17) is 4.74 Å². The first kappa shape index (κ1) is 15.6. The Labute approximate surface area is 143 Å². The van der Waals surface area contributed by atoms with E-state index in [1.54, 1.807) is 17.3 Å². The van der Waals surface area contributed by atoms with Crippen LogP contribution in [0.3, 0.4) is 0 Å². The predicted molar refractivity (Wildman–Crippen MR) is 86.5 cm³/mol. The number of rotatable bonds is 2. The van der Waals surface area contributed by atoms with Gasteiger partial charge >= 0.3 is 0 Å². The molecule has 1 spiro atoms. The molecule has 0 bridgehead atoms.